The molecular formula is C15H11F3N6OS. The molecule has 0 saturated carbocycles. The van der Waals surface area contributed by atoms with Crippen molar-refractivity contribution < 1.29 is 18.3 Å². The Hall–Kier alpha value is -3.00. The number of hydrogen-bond donors (Lipinski definition) is 2. The first kappa shape index (κ1) is 17.8. The number of hydrogen-bond acceptors (Lipinski definition) is 6. The smallest absolute Gasteiger partial charge is 0.451 e. The molecule has 0 aliphatic rings. The molecule has 134 valence electrons. The molecule has 0 aliphatic carbocycles. The summed E-state index contributed by atoms with van der Waals surface area (Å²) < 4.78 is 38.9. The number of aliphatic hydroxyl groups excluding tert-OH is 1. The number of aromatic nitrogens is 5. The van der Waals surface area contributed by atoms with Gasteiger partial charge in [-0.25, -0.2) is 4.98 Å². The van der Waals surface area contributed by atoms with E-state index in [9.17, 15) is 23.5 Å². The predicted molar refractivity (Wildman–Crippen MR) is 88.0 cm³/mol. The average molecular weight is 380 g/mol. The minimum absolute atomic E-state index is 0.0363. The van der Waals surface area contributed by atoms with Gasteiger partial charge in [0.25, 0.3) is 0 Å². The van der Waals surface area contributed by atoms with Crippen molar-refractivity contribution >= 4 is 28.4 Å². The molecule has 0 fully saturated rings. The number of benzene rings is 1. The second kappa shape index (κ2) is 6.72. The van der Waals surface area contributed by atoms with Crippen LogP contribution in [-0.4, -0.2) is 35.6 Å². The van der Waals surface area contributed by atoms with Gasteiger partial charge in [0.1, 0.15) is 17.4 Å². The molecule has 7 nitrogen and oxygen atoms in total. The summed E-state index contributed by atoms with van der Waals surface area (Å²) in [6.07, 6.45) is -4.62. The topological polar surface area (TPSA) is 103 Å². The third-order valence-corrected chi connectivity index (χ3v) is 4.48. The van der Waals surface area contributed by atoms with Gasteiger partial charge in [-0.2, -0.15) is 18.4 Å². The number of aromatic amines is 1. The number of para-hydroxylation sites is 2. The number of rotatable bonds is 4. The fourth-order valence-corrected chi connectivity index (χ4v) is 3.01. The molecule has 26 heavy (non-hydrogen) atoms. The molecule has 3 aromatic rings. The summed E-state index contributed by atoms with van der Waals surface area (Å²) in [5, 5.41) is 26.1. The van der Waals surface area contributed by atoms with Crippen LogP contribution >= 0.6 is 11.8 Å². The van der Waals surface area contributed by atoms with Crippen LogP contribution in [-0.2, 0) is 13.2 Å². The molecule has 0 amide bonds. The van der Waals surface area contributed by atoms with Gasteiger partial charge < -0.3 is 14.7 Å². The Kier molecular flexibility index (Phi) is 4.60. The number of nitriles is 1. The largest absolute Gasteiger partial charge is 0.510 e. The van der Waals surface area contributed by atoms with Crippen molar-refractivity contribution in [2.45, 2.75) is 11.3 Å². The maximum absolute atomic E-state index is 12.7. The van der Waals surface area contributed by atoms with E-state index in [0.29, 0.717) is 11.0 Å². The molecule has 2 N–H and O–H groups in total. The van der Waals surface area contributed by atoms with Gasteiger partial charge in [-0.05, 0) is 12.1 Å². The molecule has 2 heterocycles. The zero-order valence-electron chi connectivity index (χ0n) is 13.2. The van der Waals surface area contributed by atoms with Crippen molar-refractivity contribution in [1.29, 1.82) is 5.26 Å². The number of aliphatic hydroxyl groups is 1. The number of imidazole rings is 1. The van der Waals surface area contributed by atoms with Crippen molar-refractivity contribution in [3.8, 4) is 6.07 Å². The lowest BCUT2D eigenvalue weighted by atomic mass is 10.2. The second-order valence-corrected chi connectivity index (χ2v) is 6.13. The minimum Gasteiger partial charge on any atom is -0.510 e. The molecule has 0 aliphatic heterocycles. The lowest BCUT2D eigenvalue weighted by molar-refractivity contribution is -0.147. The summed E-state index contributed by atoms with van der Waals surface area (Å²) in [6.45, 7) is 0. The molecule has 0 saturated heterocycles. The molecule has 0 atom stereocenters. The van der Waals surface area contributed by atoms with Gasteiger partial charge in [0, 0.05) is 7.05 Å². The number of nitrogens with one attached hydrogen (secondary N) is 1. The third kappa shape index (κ3) is 3.36. The molecule has 0 radical (unpaired) electrons. The summed E-state index contributed by atoms with van der Waals surface area (Å²) in [7, 11) is 1.18. The van der Waals surface area contributed by atoms with Gasteiger partial charge in [-0.1, -0.05) is 23.9 Å². The Balaban J connectivity index is 1.84. The molecule has 0 bridgehead atoms. The zero-order chi connectivity index (χ0) is 18.9. The summed E-state index contributed by atoms with van der Waals surface area (Å²) in [5.74, 6) is -1.45. The number of fused-ring (bicyclic) bond motifs is 1. The quantitative estimate of drug-likeness (QED) is 0.409. The van der Waals surface area contributed by atoms with Crippen LogP contribution in [0.3, 0.4) is 0 Å². The Bertz CT molecular complexity index is 997. The van der Waals surface area contributed by atoms with Gasteiger partial charge in [-0.3, -0.25) is 0 Å². The maximum atomic E-state index is 12.7. The number of alkyl halides is 3. The van der Waals surface area contributed by atoms with Crippen molar-refractivity contribution in [3.05, 3.63) is 41.7 Å². The van der Waals surface area contributed by atoms with Crippen LogP contribution in [0.2, 0.25) is 0 Å². The molecule has 2 aromatic heterocycles. The number of thioether (sulfide) groups is 1. The van der Waals surface area contributed by atoms with E-state index in [4.69, 9.17) is 0 Å². The van der Waals surface area contributed by atoms with Crippen LogP contribution in [0, 0.1) is 11.3 Å². The Morgan fingerprint density at radius 2 is 2.08 bits per heavy atom. The first-order valence-electron chi connectivity index (χ1n) is 7.18. The number of nitrogens with zero attached hydrogens (tertiary/aromatic N) is 5. The van der Waals surface area contributed by atoms with Crippen molar-refractivity contribution in [2.24, 2.45) is 7.05 Å². The highest BCUT2D eigenvalue weighted by Crippen LogP contribution is 2.30. The van der Waals surface area contributed by atoms with E-state index in [1.807, 2.05) is 6.07 Å². The highest BCUT2D eigenvalue weighted by Gasteiger charge is 2.37. The van der Waals surface area contributed by atoms with E-state index in [1.165, 1.54) is 7.05 Å². The van der Waals surface area contributed by atoms with E-state index >= 15 is 0 Å². The molecule has 0 unspecified atom stereocenters. The molecule has 0 spiro atoms. The maximum Gasteiger partial charge on any atom is 0.451 e. The summed E-state index contributed by atoms with van der Waals surface area (Å²) in [6, 6.07) is 8.95. The van der Waals surface area contributed by atoms with Gasteiger partial charge in [0.05, 0.1) is 16.8 Å². The Morgan fingerprint density at radius 1 is 1.35 bits per heavy atom. The fourth-order valence-electron chi connectivity index (χ4n) is 2.22. The molecular weight excluding hydrogens is 369 g/mol. The van der Waals surface area contributed by atoms with Crippen LogP contribution in [0.4, 0.5) is 13.2 Å². The summed E-state index contributed by atoms with van der Waals surface area (Å²) >= 11 is 0.826. The number of H-pyrrole nitrogens is 1. The van der Waals surface area contributed by atoms with E-state index < -0.39 is 12.0 Å². The van der Waals surface area contributed by atoms with Gasteiger partial charge >= 0.3 is 6.18 Å². The van der Waals surface area contributed by atoms with Crippen molar-refractivity contribution in [2.75, 3.05) is 5.75 Å². The van der Waals surface area contributed by atoms with Gasteiger partial charge in [0.2, 0.25) is 5.82 Å². The average Bonchev–Trinajstić information content (AvgIpc) is 3.16. The van der Waals surface area contributed by atoms with Crippen LogP contribution in [0.15, 0.2) is 35.2 Å². The lowest BCUT2D eigenvalue weighted by Gasteiger charge is -2.06. The van der Waals surface area contributed by atoms with E-state index in [1.54, 1.807) is 24.3 Å². The summed E-state index contributed by atoms with van der Waals surface area (Å²) in [5.41, 5.74) is 1.23. The predicted octanol–water partition coefficient (Wildman–Crippen LogP) is 3.30. The lowest BCUT2D eigenvalue weighted by Crippen LogP contribution is -2.13. The normalized spacial score (nSPS) is 12.9. The van der Waals surface area contributed by atoms with Crippen molar-refractivity contribution in [3.63, 3.8) is 0 Å². The van der Waals surface area contributed by atoms with Crippen LogP contribution in [0.5, 0.6) is 0 Å². The van der Waals surface area contributed by atoms with Crippen molar-refractivity contribution in [1.82, 2.24) is 24.7 Å². The molecule has 11 heteroatoms. The number of halogens is 3. The van der Waals surface area contributed by atoms with E-state index in [2.05, 4.69) is 20.2 Å². The first-order valence-corrected chi connectivity index (χ1v) is 8.16. The number of allylic oxidation sites excluding steroid dienone is 1. The standard InChI is InChI=1S/C15H11F3N6OS/c1-24-13(15(16,17)18)22-23-14(24)26-7-11(25)8(6-19)12-20-9-4-2-3-5-10(9)21-12/h2-5,25H,7H2,1H3,(H,20,21). The fraction of sp³-hybridized carbons (Fsp3) is 0.200. The highest BCUT2D eigenvalue weighted by atomic mass is 32.2. The van der Waals surface area contributed by atoms with Crippen LogP contribution < -0.4 is 0 Å². The third-order valence-electron chi connectivity index (χ3n) is 3.45. The van der Waals surface area contributed by atoms with E-state index in [-0.39, 0.29) is 28.1 Å². The summed E-state index contributed by atoms with van der Waals surface area (Å²) in [4.78, 5) is 7.15. The zero-order valence-corrected chi connectivity index (χ0v) is 14.1. The molecule has 1 aromatic carbocycles. The Labute approximate surface area is 149 Å². The Morgan fingerprint density at radius 3 is 2.69 bits per heavy atom. The first-order chi connectivity index (χ1) is 12.3. The van der Waals surface area contributed by atoms with Gasteiger partial charge in [0.15, 0.2) is 11.0 Å². The SMILES string of the molecule is Cn1c(SCC(O)=C(C#N)c2nc3ccccc3[nH]2)nnc1C(F)(F)F. The van der Waals surface area contributed by atoms with Gasteiger partial charge in [-0.15, -0.1) is 10.2 Å². The van der Waals surface area contributed by atoms with E-state index in [0.717, 1.165) is 16.3 Å². The second-order valence-electron chi connectivity index (χ2n) is 5.19. The highest BCUT2D eigenvalue weighted by molar-refractivity contribution is 7.99. The minimum atomic E-state index is -4.62. The molecule has 3 rings (SSSR count). The van der Waals surface area contributed by atoms with Crippen LogP contribution in [0.1, 0.15) is 11.6 Å². The monoisotopic (exact) mass is 380 g/mol. The van der Waals surface area contributed by atoms with Crippen LogP contribution in [0.25, 0.3) is 16.6 Å².